The number of aliphatic hydroxyl groups is 1. The van der Waals surface area contributed by atoms with Crippen molar-refractivity contribution in [1.29, 1.82) is 0 Å². The molecule has 0 radical (unpaired) electrons. The first kappa shape index (κ1) is 15.4. The van der Waals surface area contributed by atoms with E-state index in [1.54, 1.807) is 0 Å². The molecule has 1 aliphatic carbocycles. The van der Waals surface area contributed by atoms with E-state index in [0.717, 1.165) is 43.9 Å². The van der Waals surface area contributed by atoms with E-state index in [9.17, 15) is 13.9 Å². The predicted molar refractivity (Wildman–Crippen MR) is 75.4 cm³/mol. The average molecular weight is 283 g/mol. The Balaban J connectivity index is 2.41. The third kappa shape index (κ3) is 2.72. The number of nitrogens with zero attached hydrogens (tertiary/aromatic N) is 1. The van der Waals surface area contributed by atoms with Gasteiger partial charge in [-0.25, -0.2) is 8.78 Å². The maximum absolute atomic E-state index is 14.0. The lowest BCUT2D eigenvalue weighted by Gasteiger charge is -2.48. The van der Waals surface area contributed by atoms with Crippen LogP contribution in [0.5, 0.6) is 0 Å². The van der Waals surface area contributed by atoms with Gasteiger partial charge in [-0.3, -0.25) is 0 Å². The van der Waals surface area contributed by atoms with Gasteiger partial charge in [-0.2, -0.15) is 0 Å². The Hall–Kier alpha value is -1.00. The number of benzene rings is 1. The van der Waals surface area contributed by atoms with Crippen molar-refractivity contribution in [2.45, 2.75) is 44.2 Å². The minimum absolute atomic E-state index is 0.0628. The van der Waals surface area contributed by atoms with E-state index in [0.29, 0.717) is 5.92 Å². The van der Waals surface area contributed by atoms with Crippen molar-refractivity contribution in [2.75, 3.05) is 14.1 Å². The normalized spacial score (nSPS) is 28.6. The highest BCUT2D eigenvalue weighted by molar-refractivity contribution is 5.25. The summed E-state index contributed by atoms with van der Waals surface area (Å²) in [5, 5.41) is 10.7. The van der Waals surface area contributed by atoms with Gasteiger partial charge >= 0.3 is 0 Å². The maximum atomic E-state index is 14.0. The standard InChI is InChI=1S/C16H23F2NO/c1-11-5-4-8-16(10-11,19(2)3)15(20)13-9-12(17)6-7-14(13)18/h6-7,9,11,15,20H,4-5,8,10H2,1-3H3. The molecule has 1 aromatic carbocycles. The third-order valence-electron chi connectivity index (χ3n) is 4.66. The van der Waals surface area contributed by atoms with Crippen LogP contribution in [0.1, 0.15) is 44.3 Å². The number of hydrogen-bond acceptors (Lipinski definition) is 2. The molecule has 0 spiro atoms. The molecular weight excluding hydrogens is 260 g/mol. The van der Waals surface area contributed by atoms with E-state index in [1.165, 1.54) is 0 Å². The fraction of sp³-hybridized carbons (Fsp3) is 0.625. The zero-order chi connectivity index (χ0) is 14.9. The Bertz CT molecular complexity index is 478. The van der Waals surface area contributed by atoms with E-state index in [-0.39, 0.29) is 5.56 Å². The Kier molecular flexibility index (Phi) is 4.45. The Labute approximate surface area is 119 Å². The molecule has 1 N–H and O–H groups in total. The topological polar surface area (TPSA) is 23.5 Å². The van der Waals surface area contributed by atoms with Crippen LogP contribution in [0.2, 0.25) is 0 Å². The van der Waals surface area contributed by atoms with Crippen LogP contribution in [0, 0.1) is 17.6 Å². The average Bonchev–Trinajstić information content (AvgIpc) is 2.40. The van der Waals surface area contributed by atoms with Gasteiger partial charge in [0.2, 0.25) is 0 Å². The van der Waals surface area contributed by atoms with Crippen LogP contribution in [0.25, 0.3) is 0 Å². The molecule has 0 aliphatic heterocycles. The lowest BCUT2D eigenvalue weighted by molar-refractivity contribution is -0.0467. The molecule has 1 aromatic rings. The lowest BCUT2D eigenvalue weighted by atomic mass is 9.70. The van der Waals surface area contributed by atoms with E-state index in [2.05, 4.69) is 6.92 Å². The van der Waals surface area contributed by atoms with Gasteiger partial charge in [0.15, 0.2) is 0 Å². The van der Waals surface area contributed by atoms with Gasteiger partial charge in [0, 0.05) is 5.56 Å². The van der Waals surface area contributed by atoms with Gasteiger partial charge in [-0.1, -0.05) is 19.8 Å². The van der Waals surface area contributed by atoms with Gasteiger partial charge < -0.3 is 10.0 Å². The molecule has 1 fully saturated rings. The zero-order valence-electron chi connectivity index (χ0n) is 12.4. The summed E-state index contributed by atoms with van der Waals surface area (Å²) >= 11 is 0. The smallest absolute Gasteiger partial charge is 0.129 e. The van der Waals surface area contributed by atoms with Crippen molar-refractivity contribution in [3.05, 3.63) is 35.4 Å². The summed E-state index contributed by atoms with van der Waals surface area (Å²) in [6.07, 6.45) is 2.68. The van der Waals surface area contributed by atoms with Gasteiger partial charge in [0.25, 0.3) is 0 Å². The molecule has 1 saturated carbocycles. The molecule has 3 unspecified atom stereocenters. The fourth-order valence-corrected chi connectivity index (χ4v) is 3.48. The fourth-order valence-electron chi connectivity index (χ4n) is 3.48. The summed E-state index contributed by atoms with van der Waals surface area (Å²) in [6, 6.07) is 3.28. The molecule has 1 aliphatic rings. The Morgan fingerprint density at radius 2 is 2.05 bits per heavy atom. The van der Waals surface area contributed by atoms with Crippen molar-refractivity contribution in [2.24, 2.45) is 5.92 Å². The van der Waals surface area contributed by atoms with Gasteiger partial charge in [0.05, 0.1) is 5.54 Å². The van der Waals surface area contributed by atoms with Gasteiger partial charge in [-0.15, -0.1) is 0 Å². The molecule has 0 heterocycles. The van der Waals surface area contributed by atoms with Crippen LogP contribution in [0.3, 0.4) is 0 Å². The van der Waals surface area contributed by atoms with E-state index >= 15 is 0 Å². The second-order valence-corrected chi connectivity index (χ2v) is 6.27. The van der Waals surface area contributed by atoms with Crippen molar-refractivity contribution in [1.82, 2.24) is 4.90 Å². The zero-order valence-corrected chi connectivity index (χ0v) is 12.4. The first-order valence-corrected chi connectivity index (χ1v) is 7.17. The molecule has 0 amide bonds. The van der Waals surface area contributed by atoms with Crippen LogP contribution in [-0.2, 0) is 0 Å². The third-order valence-corrected chi connectivity index (χ3v) is 4.66. The Morgan fingerprint density at radius 1 is 1.35 bits per heavy atom. The number of likely N-dealkylation sites (N-methyl/N-ethyl adjacent to an activating group) is 1. The summed E-state index contributed by atoms with van der Waals surface area (Å²) in [7, 11) is 3.80. The lowest BCUT2D eigenvalue weighted by Crippen LogP contribution is -2.52. The van der Waals surface area contributed by atoms with E-state index in [4.69, 9.17) is 0 Å². The van der Waals surface area contributed by atoms with Crippen LogP contribution in [0.15, 0.2) is 18.2 Å². The minimum Gasteiger partial charge on any atom is -0.386 e. The second-order valence-electron chi connectivity index (χ2n) is 6.27. The highest BCUT2D eigenvalue weighted by Crippen LogP contribution is 2.44. The monoisotopic (exact) mass is 283 g/mol. The molecule has 0 saturated heterocycles. The van der Waals surface area contributed by atoms with E-state index in [1.807, 2.05) is 19.0 Å². The number of aliphatic hydroxyl groups excluding tert-OH is 1. The van der Waals surface area contributed by atoms with Gasteiger partial charge in [0.1, 0.15) is 17.7 Å². The molecule has 0 aromatic heterocycles. The van der Waals surface area contributed by atoms with E-state index < -0.39 is 23.3 Å². The van der Waals surface area contributed by atoms with Crippen molar-refractivity contribution in [3.8, 4) is 0 Å². The Morgan fingerprint density at radius 3 is 2.65 bits per heavy atom. The highest BCUT2D eigenvalue weighted by atomic mass is 19.1. The SMILES string of the molecule is CC1CCCC(C(O)c2cc(F)ccc2F)(N(C)C)C1. The van der Waals surface area contributed by atoms with Crippen LogP contribution >= 0.6 is 0 Å². The first-order valence-electron chi connectivity index (χ1n) is 7.17. The molecule has 2 rings (SSSR count). The number of hydrogen-bond donors (Lipinski definition) is 1. The summed E-state index contributed by atoms with van der Waals surface area (Å²) in [6.45, 7) is 2.14. The van der Waals surface area contributed by atoms with Crippen molar-refractivity contribution >= 4 is 0 Å². The summed E-state index contributed by atoms with van der Waals surface area (Å²) < 4.78 is 27.3. The maximum Gasteiger partial charge on any atom is 0.129 e. The minimum atomic E-state index is -1.02. The highest BCUT2D eigenvalue weighted by Gasteiger charge is 2.44. The first-order chi connectivity index (χ1) is 9.36. The summed E-state index contributed by atoms with van der Waals surface area (Å²) in [5.74, 6) is -0.589. The molecule has 0 bridgehead atoms. The van der Waals surface area contributed by atoms with Crippen molar-refractivity contribution < 1.29 is 13.9 Å². The van der Waals surface area contributed by atoms with Crippen LogP contribution in [-0.4, -0.2) is 29.6 Å². The molecule has 112 valence electrons. The summed E-state index contributed by atoms with van der Waals surface area (Å²) in [5.41, 5.74) is -0.459. The van der Waals surface area contributed by atoms with Crippen LogP contribution in [0.4, 0.5) is 8.78 Å². The van der Waals surface area contributed by atoms with Gasteiger partial charge in [-0.05, 0) is 51.1 Å². The quantitative estimate of drug-likeness (QED) is 0.917. The van der Waals surface area contributed by atoms with Crippen LogP contribution < -0.4 is 0 Å². The second kappa shape index (κ2) is 5.78. The molecule has 20 heavy (non-hydrogen) atoms. The molecule has 4 heteroatoms. The predicted octanol–water partition coefficient (Wildman–Crippen LogP) is 3.51. The summed E-state index contributed by atoms with van der Waals surface area (Å²) in [4.78, 5) is 1.97. The number of halogens is 2. The number of rotatable bonds is 3. The molecule has 3 atom stereocenters. The van der Waals surface area contributed by atoms with Crippen molar-refractivity contribution in [3.63, 3.8) is 0 Å². The largest absolute Gasteiger partial charge is 0.386 e. The molecular formula is C16H23F2NO. The molecule has 2 nitrogen and oxygen atoms in total.